The van der Waals surface area contributed by atoms with Gasteiger partial charge in [0.2, 0.25) is 0 Å². The molecule has 1 saturated heterocycles. The molecule has 4 heteroatoms. The number of hydrogen-bond donors (Lipinski definition) is 1. The van der Waals surface area contributed by atoms with E-state index in [1.165, 1.54) is 7.11 Å². The van der Waals surface area contributed by atoms with Crippen LogP contribution in [0.3, 0.4) is 0 Å². The van der Waals surface area contributed by atoms with Gasteiger partial charge in [-0.15, -0.1) is 0 Å². The summed E-state index contributed by atoms with van der Waals surface area (Å²) in [5, 5.41) is 9.46. The minimum absolute atomic E-state index is 0.0539. The Morgan fingerprint density at radius 1 is 1.56 bits per heavy atom. The van der Waals surface area contributed by atoms with Crippen molar-refractivity contribution in [1.82, 2.24) is 0 Å². The summed E-state index contributed by atoms with van der Waals surface area (Å²) in [6.07, 6.45) is 0.409. The van der Waals surface area contributed by atoms with Crippen LogP contribution in [0.4, 0.5) is 0 Å². The van der Waals surface area contributed by atoms with Gasteiger partial charge in [-0.1, -0.05) is 13.0 Å². The first kappa shape index (κ1) is 10.8. The van der Waals surface area contributed by atoms with Crippen molar-refractivity contribution >= 4 is 5.97 Å². The minimum Gasteiger partial charge on any atom is -0.504 e. The Labute approximate surface area is 93.8 Å². The highest BCUT2D eigenvalue weighted by atomic mass is 16.6. The van der Waals surface area contributed by atoms with E-state index in [0.29, 0.717) is 12.2 Å². The van der Waals surface area contributed by atoms with Crippen LogP contribution in [0.2, 0.25) is 0 Å². The molecular weight excluding hydrogens is 208 g/mol. The van der Waals surface area contributed by atoms with Crippen LogP contribution in [0.25, 0.3) is 0 Å². The first-order valence-electron chi connectivity index (χ1n) is 5.18. The number of phenols is 1. The average Bonchev–Trinajstić information content (AvgIpc) is 2.24. The van der Waals surface area contributed by atoms with Gasteiger partial charge < -0.3 is 14.6 Å². The van der Waals surface area contributed by atoms with Gasteiger partial charge in [0, 0.05) is 5.92 Å². The van der Waals surface area contributed by atoms with E-state index in [9.17, 15) is 9.90 Å². The van der Waals surface area contributed by atoms with E-state index >= 15 is 0 Å². The molecular formula is C12H14O4. The summed E-state index contributed by atoms with van der Waals surface area (Å²) in [5.41, 5.74) is 0.993. The Kier molecular flexibility index (Phi) is 2.73. The van der Waals surface area contributed by atoms with E-state index in [0.717, 1.165) is 5.56 Å². The molecule has 0 bridgehead atoms. The second-order valence-electron chi connectivity index (χ2n) is 3.95. The van der Waals surface area contributed by atoms with Crippen molar-refractivity contribution in [3.8, 4) is 11.5 Å². The molecule has 1 heterocycles. The van der Waals surface area contributed by atoms with Gasteiger partial charge in [-0.25, -0.2) is 0 Å². The van der Waals surface area contributed by atoms with Gasteiger partial charge in [-0.2, -0.15) is 0 Å². The SMILES string of the molecule is COc1cc(C(C)C2CC(=O)O2)ccc1O. The summed E-state index contributed by atoms with van der Waals surface area (Å²) in [6, 6.07) is 5.17. The van der Waals surface area contributed by atoms with Crippen LogP contribution in [-0.4, -0.2) is 24.3 Å². The van der Waals surface area contributed by atoms with E-state index in [2.05, 4.69) is 0 Å². The summed E-state index contributed by atoms with van der Waals surface area (Å²) in [7, 11) is 1.51. The van der Waals surface area contributed by atoms with Gasteiger partial charge in [-0.3, -0.25) is 4.79 Å². The lowest BCUT2D eigenvalue weighted by Gasteiger charge is -2.31. The fraction of sp³-hybridized carbons (Fsp3) is 0.417. The first-order valence-corrected chi connectivity index (χ1v) is 5.18. The molecule has 1 aromatic carbocycles. The highest BCUT2D eigenvalue weighted by Gasteiger charge is 2.34. The molecule has 2 atom stereocenters. The Bertz CT molecular complexity index is 405. The maximum absolute atomic E-state index is 10.7. The number of rotatable bonds is 3. The molecule has 1 aromatic rings. The Balaban J connectivity index is 2.17. The van der Waals surface area contributed by atoms with Crippen LogP contribution in [-0.2, 0) is 9.53 Å². The Hall–Kier alpha value is -1.71. The fourth-order valence-corrected chi connectivity index (χ4v) is 1.79. The van der Waals surface area contributed by atoms with Crippen molar-refractivity contribution in [3.63, 3.8) is 0 Å². The van der Waals surface area contributed by atoms with Crippen LogP contribution in [0.5, 0.6) is 11.5 Å². The fourth-order valence-electron chi connectivity index (χ4n) is 1.79. The van der Waals surface area contributed by atoms with Gasteiger partial charge >= 0.3 is 5.97 Å². The second-order valence-corrected chi connectivity index (χ2v) is 3.95. The number of esters is 1. The van der Waals surface area contributed by atoms with Crippen LogP contribution >= 0.6 is 0 Å². The molecule has 2 rings (SSSR count). The number of hydrogen-bond acceptors (Lipinski definition) is 4. The third kappa shape index (κ3) is 1.83. The van der Waals surface area contributed by atoms with Crippen LogP contribution in [0.15, 0.2) is 18.2 Å². The van der Waals surface area contributed by atoms with Gasteiger partial charge in [-0.05, 0) is 17.7 Å². The number of methoxy groups -OCH3 is 1. The largest absolute Gasteiger partial charge is 0.504 e. The molecule has 4 nitrogen and oxygen atoms in total. The number of phenolic OH excluding ortho intramolecular Hbond substituents is 1. The molecule has 16 heavy (non-hydrogen) atoms. The zero-order valence-corrected chi connectivity index (χ0v) is 9.27. The molecule has 2 unspecified atom stereocenters. The predicted octanol–water partition coefficient (Wildman–Crippen LogP) is 1.82. The molecule has 1 N–H and O–H groups in total. The van der Waals surface area contributed by atoms with Crippen LogP contribution in [0, 0.1) is 0 Å². The quantitative estimate of drug-likeness (QED) is 0.792. The topological polar surface area (TPSA) is 55.8 Å². The summed E-state index contributed by atoms with van der Waals surface area (Å²) >= 11 is 0. The number of benzene rings is 1. The van der Waals surface area contributed by atoms with Crippen LogP contribution in [0.1, 0.15) is 24.8 Å². The van der Waals surface area contributed by atoms with Crippen molar-refractivity contribution in [1.29, 1.82) is 0 Å². The smallest absolute Gasteiger partial charge is 0.309 e. The monoisotopic (exact) mass is 222 g/mol. The van der Waals surface area contributed by atoms with E-state index in [4.69, 9.17) is 9.47 Å². The second kappa shape index (κ2) is 4.04. The molecule has 0 saturated carbocycles. The molecule has 1 aliphatic rings. The van der Waals surface area contributed by atoms with Crippen molar-refractivity contribution in [2.24, 2.45) is 0 Å². The van der Waals surface area contributed by atoms with E-state index in [1.807, 2.05) is 13.0 Å². The number of aromatic hydroxyl groups is 1. The van der Waals surface area contributed by atoms with Crippen molar-refractivity contribution in [3.05, 3.63) is 23.8 Å². The summed E-state index contributed by atoms with van der Waals surface area (Å²) in [6.45, 7) is 1.99. The van der Waals surface area contributed by atoms with Gasteiger partial charge in [0.1, 0.15) is 6.10 Å². The molecule has 0 amide bonds. The molecule has 0 aromatic heterocycles. The van der Waals surface area contributed by atoms with Gasteiger partial charge in [0.25, 0.3) is 0 Å². The van der Waals surface area contributed by atoms with Crippen LogP contribution < -0.4 is 4.74 Å². The zero-order chi connectivity index (χ0) is 11.7. The maximum atomic E-state index is 10.7. The number of carbonyl (C=O) groups excluding carboxylic acids is 1. The highest BCUT2D eigenvalue weighted by molar-refractivity contribution is 5.75. The van der Waals surface area contributed by atoms with Gasteiger partial charge in [0.15, 0.2) is 11.5 Å². The number of carbonyl (C=O) groups is 1. The lowest BCUT2D eigenvalue weighted by Crippen LogP contribution is -2.36. The molecule has 1 fully saturated rings. The van der Waals surface area contributed by atoms with Gasteiger partial charge in [0.05, 0.1) is 13.5 Å². The maximum Gasteiger partial charge on any atom is 0.309 e. The summed E-state index contributed by atoms with van der Waals surface area (Å²) in [4.78, 5) is 10.7. The Morgan fingerprint density at radius 2 is 2.25 bits per heavy atom. The predicted molar refractivity (Wildman–Crippen MR) is 57.6 cm³/mol. The molecule has 1 aliphatic heterocycles. The van der Waals surface area contributed by atoms with Crippen molar-refractivity contribution < 1.29 is 19.4 Å². The summed E-state index contributed by atoms with van der Waals surface area (Å²) in [5.74, 6) is 0.522. The molecule has 86 valence electrons. The highest BCUT2D eigenvalue weighted by Crippen LogP contribution is 2.34. The van der Waals surface area contributed by atoms with E-state index < -0.39 is 0 Å². The standard InChI is InChI=1S/C12H14O4/c1-7(10-6-12(14)16-10)8-3-4-9(13)11(5-8)15-2/h3-5,7,10,13H,6H2,1-2H3. The first-order chi connectivity index (χ1) is 7.61. The minimum atomic E-state index is -0.150. The third-order valence-corrected chi connectivity index (χ3v) is 2.94. The van der Waals surface area contributed by atoms with E-state index in [1.54, 1.807) is 12.1 Å². The van der Waals surface area contributed by atoms with E-state index in [-0.39, 0.29) is 23.7 Å². The average molecular weight is 222 g/mol. The molecule has 0 spiro atoms. The lowest BCUT2D eigenvalue weighted by atomic mass is 9.90. The normalized spacial score (nSPS) is 20.9. The van der Waals surface area contributed by atoms with Crippen molar-refractivity contribution in [2.75, 3.05) is 7.11 Å². The third-order valence-electron chi connectivity index (χ3n) is 2.94. The Morgan fingerprint density at radius 3 is 2.81 bits per heavy atom. The zero-order valence-electron chi connectivity index (χ0n) is 9.27. The lowest BCUT2D eigenvalue weighted by molar-refractivity contribution is -0.171. The molecule has 0 radical (unpaired) electrons. The number of cyclic esters (lactones) is 1. The summed E-state index contributed by atoms with van der Waals surface area (Å²) < 4.78 is 10.0. The number of ether oxygens (including phenoxy) is 2. The molecule has 0 aliphatic carbocycles. The van der Waals surface area contributed by atoms with Crippen molar-refractivity contribution in [2.45, 2.75) is 25.4 Å².